The molecular weight excluding hydrogens is 216 g/mol. The molecule has 1 aromatic heterocycles. The maximum atomic E-state index is 8.81. The van der Waals surface area contributed by atoms with Gasteiger partial charge in [-0.2, -0.15) is 5.26 Å². The average Bonchev–Trinajstić information content (AvgIpc) is 2.72. The molecule has 0 bridgehead atoms. The van der Waals surface area contributed by atoms with Gasteiger partial charge in [-0.15, -0.1) is 5.10 Å². The van der Waals surface area contributed by atoms with Gasteiger partial charge < -0.3 is 4.74 Å². The van der Waals surface area contributed by atoms with E-state index in [-0.39, 0.29) is 0 Å². The molecule has 5 nitrogen and oxygen atoms in total. The van der Waals surface area contributed by atoms with Gasteiger partial charge in [0.05, 0.1) is 18.0 Å². The Kier molecular flexibility index (Phi) is 3.06. The van der Waals surface area contributed by atoms with Gasteiger partial charge in [-0.3, -0.25) is 0 Å². The lowest BCUT2D eigenvalue weighted by Gasteiger charge is -2.05. The summed E-state index contributed by atoms with van der Waals surface area (Å²) in [6, 6.07) is 9.50. The van der Waals surface area contributed by atoms with Gasteiger partial charge in [0.2, 0.25) is 0 Å². The molecule has 0 N–H and O–H groups in total. The fraction of sp³-hybridized carbons (Fsp3) is 0.250. The van der Waals surface area contributed by atoms with Gasteiger partial charge in [0.1, 0.15) is 11.8 Å². The van der Waals surface area contributed by atoms with Crippen molar-refractivity contribution in [1.29, 1.82) is 5.26 Å². The molecule has 0 saturated carbocycles. The van der Waals surface area contributed by atoms with Gasteiger partial charge in [-0.1, -0.05) is 5.21 Å². The van der Waals surface area contributed by atoms with E-state index in [0.29, 0.717) is 12.3 Å². The first kappa shape index (κ1) is 11.1. The Morgan fingerprint density at radius 3 is 2.59 bits per heavy atom. The van der Waals surface area contributed by atoms with Crippen LogP contribution >= 0.6 is 0 Å². The molecule has 0 unspecified atom stereocenters. The predicted octanol–water partition coefficient (Wildman–Crippen LogP) is 1.85. The van der Waals surface area contributed by atoms with Gasteiger partial charge in [0, 0.05) is 0 Å². The molecule has 0 fully saturated rings. The quantitative estimate of drug-likeness (QED) is 0.804. The van der Waals surface area contributed by atoms with Crippen molar-refractivity contribution in [2.75, 3.05) is 6.61 Å². The van der Waals surface area contributed by atoms with Crippen LogP contribution in [0.5, 0.6) is 5.75 Å². The highest BCUT2D eigenvalue weighted by atomic mass is 16.5. The minimum Gasteiger partial charge on any atom is -0.494 e. The first-order valence-corrected chi connectivity index (χ1v) is 5.32. The van der Waals surface area contributed by atoms with Crippen molar-refractivity contribution in [2.45, 2.75) is 13.8 Å². The first-order valence-electron chi connectivity index (χ1n) is 5.32. The molecule has 86 valence electrons. The molecule has 0 spiro atoms. The highest BCUT2D eigenvalue weighted by Crippen LogP contribution is 2.16. The van der Waals surface area contributed by atoms with Crippen LogP contribution in [0.2, 0.25) is 0 Å². The lowest BCUT2D eigenvalue weighted by atomic mass is 10.3. The molecule has 0 saturated heterocycles. The summed E-state index contributed by atoms with van der Waals surface area (Å²) in [6.07, 6.45) is 0. The Morgan fingerprint density at radius 2 is 2.06 bits per heavy atom. The van der Waals surface area contributed by atoms with E-state index >= 15 is 0 Å². The van der Waals surface area contributed by atoms with Crippen LogP contribution in [-0.2, 0) is 0 Å². The van der Waals surface area contributed by atoms with E-state index < -0.39 is 0 Å². The summed E-state index contributed by atoms with van der Waals surface area (Å²) < 4.78 is 6.99. The molecule has 0 aliphatic rings. The normalized spacial score (nSPS) is 9.94. The fourth-order valence-corrected chi connectivity index (χ4v) is 1.53. The van der Waals surface area contributed by atoms with Gasteiger partial charge in [0.25, 0.3) is 0 Å². The van der Waals surface area contributed by atoms with E-state index in [0.717, 1.165) is 17.1 Å². The second-order valence-corrected chi connectivity index (χ2v) is 3.47. The van der Waals surface area contributed by atoms with Gasteiger partial charge >= 0.3 is 0 Å². The fourth-order valence-electron chi connectivity index (χ4n) is 1.53. The summed E-state index contributed by atoms with van der Waals surface area (Å²) >= 11 is 0. The number of rotatable bonds is 3. The SMILES string of the molecule is CCOc1ccc(-n2nnc(C#N)c2C)cc1. The molecule has 0 aliphatic heterocycles. The van der Waals surface area contributed by atoms with E-state index in [1.54, 1.807) is 4.68 Å². The molecule has 5 heteroatoms. The molecule has 1 aromatic carbocycles. The zero-order valence-corrected chi connectivity index (χ0v) is 9.71. The van der Waals surface area contributed by atoms with Crippen molar-refractivity contribution in [2.24, 2.45) is 0 Å². The summed E-state index contributed by atoms with van der Waals surface area (Å²) in [7, 11) is 0. The topological polar surface area (TPSA) is 63.7 Å². The van der Waals surface area contributed by atoms with E-state index in [4.69, 9.17) is 10.00 Å². The van der Waals surface area contributed by atoms with Crippen LogP contribution in [-0.4, -0.2) is 21.6 Å². The van der Waals surface area contributed by atoms with E-state index in [9.17, 15) is 0 Å². The number of hydrogen-bond donors (Lipinski definition) is 0. The Morgan fingerprint density at radius 1 is 1.35 bits per heavy atom. The highest BCUT2D eigenvalue weighted by molar-refractivity contribution is 5.39. The van der Waals surface area contributed by atoms with Crippen LogP contribution in [0.15, 0.2) is 24.3 Å². The van der Waals surface area contributed by atoms with E-state index in [2.05, 4.69) is 10.3 Å². The molecule has 0 radical (unpaired) electrons. The van der Waals surface area contributed by atoms with E-state index in [1.807, 2.05) is 44.2 Å². The van der Waals surface area contributed by atoms with Crippen molar-refractivity contribution in [3.05, 3.63) is 35.7 Å². The monoisotopic (exact) mass is 228 g/mol. The summed E-state index contributed by atoms with van der Waals surface area (Å²) in [6.45, 7) is 4.39. The zero-order chi connectivity index (χ0) is 12.3. The second-order valence-electron chi connectivity index (χ2n) is 3.47. The van der Waals surface area contributed by atoms with Gasteiger partial charge in [-0.05, 0) is 38.1 Å². The summed E-state index contributed by atoms with van der Waals surface area (Å²) in [5.74, 6) is 0.814. The summed E-state index contributed by atoms with van der Waals surface area (Å²) in [4.78, 5) is 0. The van der Waals surface area contributed by atoms with Gasteiger partial charge in [-0.25, -0.2) is 4.68 Å². The number of hydrogen-bond acceptors (Lipinski definition) is 4. The van der Waals surface area contributed by atoms with Crippen LogP contribution < -0.4 is 4.74 Å². The van der Waals surface area contributed by atoms with Crippen LogP contribution in [0.1, 0.15) is 18.3 Å². The van der Waals surface area contributed by atoms with Crippen LogP contribution in [0.25, 0.3) is 5.69 Å². The number of nitrogens with zero attached hydrogens (tertiary/aromatic N) is 4. The lowest BCUT2D eigenvalue weighted by molar-refractivity contribution is 0.340. The van der Waals surface area contributed by atoms with Crippen molar-refractivity contribution < 1.29 is 4.74 Å². The van der Waals surface area contributed by atoms with Crippen LogP contribution in [0.3, 0.4) is 0 Å². The Bertz CT molecular complexity index is 551. The molecule has 17 heavy (non-hydrogen) atoms. The molecule has 0 atom stereocenters. The van der Waals surface area contributed by atoms with Crippen LogP contribution in [0.4, 0.5) is 0 Å². The molecular formula is C12H12N4O. The van der Waals surface area contributed by atoms with Crippen molar-refractivity contribution in [3.8, 4) is 17.5 Å². The third-order valence-electron chi connectivity index (χ3n) is 2.39. The third kappa shape index (κ3) is 2.11. The van der Waals surface area contributed by atoms with Gasteiger partial charge in [0.15, 0.2) is 5.69 Å². The molecule has 1 heterocycles. The third-order valence-corrected chi connectivity index (χ3v) is 2.39. The Balaban J connectivity index is 2.34. The average molecular weight is 228 g/mol. The zero-order valence-electron chi connectivity index (χ0n) is 9.71. The Labute approximate surface area is 99.2 Å². The maximum Gasteiger partial charge on any atom is 0.186 e. The molecule has 0 amide bonds. The predicted molar refractivity (Wildman–Crippen MR) is 62.0 cm³/mol. The number of ether oxygens (including phenoxy) is 1. The second kappa shape index (κ2) is 4.66. The summed E-state index contributed by atoms with van der Waals surface area (Å²) in [5, 5.41) is 16.5. The standard InChI is InChI=1S/C12H12N4O/c1-3-17-11-6-4-10(5-7-11)16-9(2)12(8-13)14-15-16/h4-7H,3H2,1-2H3. The molecule has 2 rings (SSSR count). The molecule has 0 aliphatic carbocycles. The first-order chi connectivity index (χ1) is 8.26. The largest absolute Gasteiger partial charge is 0.494 e. The number of aromatic nitrogens is 3. The maximum absolute atomic E-state index is 8.81. The highest BCUT2D eigenvalue weighted by Gasteiger charge is 2.08. The molecule has 2 aromatic rings. The number of benzene rings is 1. The van der Waals surface area contributed by atoms with E-state index in [1.165, 1.54) is 0 Å². The van der Waals surface area contributed by atoms with Crippen LogP contribution in [0, 0.1) is 18.3 Å². The lowest BCUT2D eigenvalue weighted by Crippen LogP contribution is -1.99. The Hall–Kier alpha value is -2.35. The number of nitriles is 1. The minimum atomic E-state index is 0.346. The van der Waals surface area contributed by atoms with Crippen molar-refractivity contribution >= 4 is 0 Å². The minimum absolute atomic E-state index is 0.346. The smallest absolute Gasteiger partial charge is 0.186 e. The van der Waals surface area contributed by atoms with Crippen molar-refractivity contribution in [3.63, 3.8) is 0 Å². The van der Waals surface area contributed by atoms with Crippen molar-refractivity contribution in [1.82, 2.24) is 15.0 Å². The summed E-state index contributed by atoms with van der Waals surface area (Å²) in [5.41, 5.74) is 1.94.